The molecule has 0 aliphatic carbocycles. The number of hydrogen-bond acceptors (Lipinski definition) is 4. The van der Waals surface area contributed by atoms with Crippen LogP contribution in [0.1, 0.15) is 46.1 Å². The van der Waals surface area contributed by atoms with E-state index in [9.17, 15) is 5.11 Å². The van der Waals surface area contributed by atoms with Crippen molar-refractivity contribution in [3.8, 4) is 11.5 Å². The Hall–Kier alpha value is -1.26. The van der Waals surface area contributed by atoms with E-state index in [1.54, 1.807) is 0 Å². The highest BCUT2D eigenvalue weighted by Crippen LogP contribution is 2.32. The molecule has 2 rings (SSSR count). The number of aryl methyl sites for hydroxylation is 1. The first-order valence-electron chi connectivity index (χ1n) is 8.16. The molecule has 0 fully saturated rings. The van der Waals surface area contributed by atoms with E-state index >= 15 is 0 Å². The second-order valence-electron chi connectivity index (χ2n) is 7.23. The van der Waals surface area contributed by atoms with Gasteiger partial charge in [0.1, 0.15) is 0 Å². The number of aliphatic hydroxyl groups is 1. The number of aliphatic hydroxyl groups excluding tert-OH is 1. The van der Waals surface area contributed by atoms with Crippen molar-refractivity contribution in [2.45, 2.75) is 59.1 Å². The van der Waals surface area contributed by atoms with Gasteiger partial charge in [0.05, 0.1) is 6.10 Å². The minimum atomic E-state index is -0.249. The zero-order valence-corrected chi connectivity index (χ0v) is 14.2. The van der Waals surface area contributed by atoms with Crippen LogP contribution in [-0.2, 0) is 6.42 Å². The average molecular weight is 307 g/mol. The summed E-state index contributed by atoms with van der Waals surface area (Å²) < 4.78 is 10.7. The van der Waals surface area contributed by atoms with E-state index in [0.29, 0.717) is 12.8 Å². The zero-order valence-electron chi connectivity index (χ0n) is 14.2. The van der Waals surface area contributed by atoms with Crippen molar-refractivity contribution in [2.24, 2.45) is 5.41 Å². The third-order valence-corrected chi connectivity index (χ3v) is 4.08. The number of ether oxygens (including phenoxy) is 2. The number of rotatable bonds is 8. The molecule has 1 aliphatic rings. The van der Waals surface area contributed by atoms with Crippen molar-refractivity contribution in [1.82, 2.24) is 5.32 Å². The van der Waals surface area contributed by atoms with Crippen molar-refractivity contribution in [3.63, 3.8) is 0 Å². The second-order valence-corrected chi connectivity index (χ2v) is 7.23. The lowest BCUT2D eigenvalue weighted by Crippen LogP contribution is -2.37. The summed E-state index contributed by atoms with van der Waals surface area (Å²) in [4.78, 5) is 0. The monoisotopic (exact) mass is 307 g/mol. The average Bonchev–Trinajstić information content (AvgIpc) is 2.89. The molecule has 1 aromatic carbocycles. The van der Waals surface area contributed by atoms with Gasteiger partial charge in [0.15, 0.2) is 11.5 Å². The van der Waals surface area contributed by atoms with E-state index in [4.69, 9.17) is 9.47 Å². The van der Waals surface area contributed by atoms with Gasteiger partial charge in [-0.15, -0.1) is 0 Å². The van der Waals surface area contributed by atoms with Gasteiger partial charge in [-0.05, 0) is 56.2 Å². The van der Waals surface area contributed by atoms with E-state index in [0.717, 1.165) is 37.3 Å². The van der Waals surface area contributed by atoms with Crippen LogP contribution >= 0.6 is 0 Å². The fraction of sp³-hybridized carbons (Fsp3) is 0.667. The van der Waals surface area contributed by atoms with E-state index in [1.807, 2.05) is 13.0 Å². The van der Waals surface area contributed by atoms with E-state index in [1.165, 1.54) is 5.56 Å². The smallest absolute Gasteiger partial charge is 0.231 e. The molecule has 2 unspecified atom stereocenters. The molecule has 124 valence electrons. The lowest BCUT2D eigenvalue weighted by Gasteiger charge is -2.28. The van der Waals surface area contributed by atoms with E-state index in [2.05, 4.69) is 38.2 Å². The first kappa shape index (κ1) is 17.1. The van der Waals surface area contributed by atoms with Gasteiger partial charge in [-0.3, -0.25) is 0 Å². The summed E-state index contributed by atoms with van der Waals surface area (Å²) in [5, 5.41) is 13.1. The molecule has 0 radical (unpaired) electrons. The molecular formula is C18H29NO3. The van der Waals surface area contributed by atoms with Crippen LogP contribution in [0.4, 0.5) is 0 Å². The Morgan fingerprint density at radius 2 is 1.95 bits per heavy atom. The summed E-state index contributed by atoms with van der Waals surface area (Å²) >= 11 is 0. The highest BCUT2D eigenvalue weighted by molar-refractivity contribution is 5.44. The third kappa shape index (κ3) is 5.18. The lowest BCUT2D eigenvalue weighted by atomic mass is 9.86. The standard InChI is InChI=1S/C18H29NO3/c1-13(19-11-18(3,4)10-14(2)20)5-6-15-7-8-16-17(9-15)22-12-21-16/h7-9,13-14,19-20H,5-6,10-12H2,1-4H3. The van der Waals surface area contributed by atoms with E-state index in [-0.39, 0.29) is 11.5 Å². The molecule has 2 atom stereocenters. The van der Waals surface area contributed by atoms with Crippen LogP contribution in [0.15, 0.2) is 18.2 Å². The largest absolute Gasteiger partial charge is 0.454 e. The van der Waals surface area contributed by atoms with Crippen LogP contribution in [-0.4, -0.2) is 30.6 Å². The second kappa shape index (κ2) is 7.34. The van der Waals surface area contributed by atoms with Crippen LogP contribution in [0.2, 0.25) is 0 Å². The maximum absolute atomic E-state index is 9.53. The molecule has 0 saturated heterocycles. The molecule has 4 heteroatoms. The molecule has 22 heavy (non-hydrogen) atoms. The normalized spacial score (nSPS) is 16.6. The third-order valence-electron chi connectivity index (χ3n) is 4.08. The van der Waals surface area contributed by atoms with Crippen LogP contribution in [0.5, 0.6) is 11.5 Å². The van der Waals surface area contributed by atoms with Gasteiger partial charge in [0.2, 0.25) is 6.79 Å². The quantitative estimate of drug-likeness (QED) is 0.775. The fourth-order valence-corrected chi connectivity index (χ4v) is 2.90. The van der Waals surface area contributed by atoms with Crippen LogP contribution < -0.4 is 14.8 Å². The molecule has 1 aromatic rings. The predicted molar refractivity (Wildman–Crippen MR) is 88.4 cm³/mol. The maximum Gasteiger partial charge on any atom is 0.231 e. The summed E-state index contributed by atoms with van der Waals surface area (Å²) in [6.45, 7) is 9.69. The number of hydrogen-bond donors (Lipinski definition) is 2. The van der Waals surface area contributed by atoms with Gasteiger partial charge < -0.3 is 19.9 Å². The van der Waals surface area contributed by atoms with Crippen molar-refractivity contribution in [2.75, 3.05) is 13.3 Å². The number of nitrogens with one attached hydrogen (secondary N) is 1. The molecule has 0 aromatic heterocycles. The summed E-state index contributed by atoms with van der Waals surface area (Å²) in [6, 6.07) is 6.62. The van der Waals surface area contributed by atoms with E-state index < -0.39 is 0 Å². The van der Waals surface area contributed by atoms with Gasteiger partial charge >= 0.3 is 0 Å². The van der Waals surface area contributed by atoms with Crippen molar-refractivity contribution in [3.05, 3.63) is 23.8 Å². The first-order valence-corrected chi connectivity index (χ1v) is 8.16. The molecule has 1 aliphatic heterocycles. The van der Waals surface area contributed by atoms with Crippen molar-refractivity contribution >= 4 is 0 Å². The van der Waals surface area contributed by atoms with Gasteiger partial charge in [-0.2, -0.15) is 0 Å². The summed E-state index contributed by atoms with van der Waals surface area (Å²) in [6.07, 6.45) is 2.65. The Morgan fingerprint density at radius 3 is 2.68 bits per heavy atom. The zero-order chi connectivity index (χ0) is 16.2. The Labute approximate surface area is 133 Å². The molecule has 0 saturated carbocycles. The van der Waals surface area contributed by atoms with Gasteiger partial charge in [0.25, 0.3) is 0 Å². The van der Waals surface area contributed by atoms with Gasteiger partial charge in [-0.1, -0.05) is 19.9 Å². The summed E-state index contributed by atoms with van der Waals surface area (Å²) in [5.74, 6) is 1.70. The van der Waals surface area contributed by atoms with Crippen LogP contribution in [0.3, 0.4) is 0 Å². The minimum absolute atomic E-state index is 0.112. The van der Waals surface area contributed by atoms with Gasteiger partial charge in [0, 0.05) is 12.6 Å². The Bertz CT molecular complexity index is 485. The molecule has 1 heterocycles. The molecule has 4 nitrogen and oxygen atoms in total. The molecule has 0 bridgehead atoms. The highest BCUT2D eigenvalue weighted by atomic mass is 16.7. The van der Waals surface area contributed by atoms with Gasteiger partial charge in [-0.25, -0.2) is 0 Å². The molecule has 0 spiro atoms. The summed E-state index contributed by atoms with van der Waals surface area (Å²) in [7, 11) is 0. The number of fused-ring (bicyclic) bond motifs is 1. The SMILES string of the molecule is CC(O)CC(C)(C)CNC(C)CCc1ccc2c(c1)OCO2. The van der Waals surface area contributed by atoms with Crippen molar-refractivity contribution < 1.29 is 14.6 Å². The Kier molecular flexibility index (Phi) is 5.70. The predicted octanol–water partition coefficient (Wildman–Crippen LogP) is 3.12. The van der Waals surface area contributed by atoms with Crippen LogP contribution in [0, 0.1) is 5.41 Å². The molecular weight excluding hydrogens is 278 g/mol. The number of benzene rings is 1. The summed E-state index contributed by atoms with van der Waals surface area (Å²) in [5.41, 5.74) is 1.39. The lowest BCUT2D eigenvalue weighted by molar-refractivity contribution is 0.126. The Balaban J connectivity index is 1.74. The minimum Gasteiger partial charge on any atom is -0.454 e. The molecule has 2 N–H and O–H groups in total. The van der Waals surface area contributed by atoms with Crippen LogP contribution in [0.25, 0.3) is 0 Å². The topological polar surface area (TPSA) is 50.7 Å². The maximum atomic E-state index is 9.53. The first-order chi connectivity index (χ1) is 10.4. The van der Waals surface area contributed by atoms with Crippen molar-refractivity contribution in [1.29, 1.82) is 0 Å². The fourth-order valence-electron chi connectivity index (χ4n) is 2.90. The highest BCUT2D eigenvalue weighted by Gasteiger charge is 2.21. The molecule has 0 amide bonds. The Morgan fingerprint density at radius 1 is 1.23 bits per heavy atom.